The molecule has 3 aliphatic heterocycles. The highest BCUT2D eigenvalue weighted by molar-refractivity contribution is 9.09. The number of halogens is 1. The van der Waals surface area contributed by atoms with Gasteiger partial charge >= 0.3 is 5.97 Å². The summed E-state index contributed by atoms with van der Waals surface area (Å²) >= 11 is 3.66. The molecule has 40 heavy (non-hydrogen) atoms. The van der Waals surface area contributed by atoms with Gasteiger partial charge in [-0.15, -0.1) is 13.2 Å². The van der Waals surface area contributed by atoms with Crippen molar-refractivity contribution < 1.29 is 33.8 Å². The minimum atomic E-state index is -1.19. The van der Waals surface area contributed by atoms with Gasteiger partial charge in [0, 0.05) is 37.0 Å². The number of likely N-dealkylation sites (tertiary alicyclic amines) is 1. The Morgan fingerprint density at radius 1 is 1.32 bits per heavy atom. The third kappa shape index (κ3) is 6.31. The fraction of sp³-hybridized carbons (Fsp3) is 0.724. The molecule has 3 heterocycles. The van der Waals surface area contributed by atoms with E-state index in [2.05, 4.69) is 41.3 Å². The fourth-order valence-electron chi connectivity index (χ4n) is 6.41. The summed E-state index contributed by atoms with van der Waals surface area (Å²) in [5, 5.41) is 12.3. The van der Waals surface area contributed by atoms with Gasteiger partial charge in [-0.2, -0.15) is 0 Å². The van der Waals surface area contributed by atoms with Crippen LogP contribution in [0.4, 0.5) is 0 Å². The number of rotatable bonds is 16. The molecule has 0 saturated carbocycles. The molecule has 2 N–H and O–H groups in total. The molecular formula is C29H44BrN3O7. The molecule has 224 valence electrons. The summed E-state index contributed by atoms with van der Waals surface area (Å²) in [5.41, 5.74) is -1.19. The van der Waals surface area contributed by atoms with Crippen LogP contribution in [0, 0.1) is 11.8 Å². The molecule has 3 amide bonds. The number of hydrogen-bond donors (Lipinski definition) is 2. The Labute approximate surface area is 245 Å². The molecule has 0 radical (unpaired) electrons. The van der Waals surface area contributed by atoms with Crippen LogP contribution >= 0.6 is 15.9 Å². The number of allylic oxidation sites excluding steroid dienone is 1. The van der Waals surface area contributed by atoms with Crippen molar-refractivity contribution in [1.29, 1.82) is 0 Å². The van der Waals surface area contributed by atoms with E-state index < -0.39 is 41.7 Å². The van der Waals surface area contributed by atoms with Crippen molar-refractivity contribution >= 4 is 39.6 Å². The zero-order valence-electron chi connectivity index (χ0n) is 23.9. The van der Waals surface area contributed by atoms with Gasteiger partial charge in [-0.1, -0.05) is 41.4 Å². The van der Waals surface area contributed by atoms with E-state index in [1.807, 2.05) is 6.92 Å². The number of amides is 3. The first-order valence-electron chi connectivity index (χ1n) is 14.3. The highest BCUT2D eigenvalue weighted by Gasteiger charge is 2.77. The van der Waals surface area contributed by atoms with Gasteiger partial charge < -0.3 is 29.7 Å². The molecule has 0 aromatic carbocycles. The molecule has 3 saturated heterocycles. The monoisotopic (exact) mass is 625 g/mol. The van der Waals surface area contributed by atoms with Gasteiger partial charge in [0.2, 0.25) is 17.7 Å². The van der Waals surface area contributed by atoms with Crippen LogP contribution < -0.4 is 5.32 Å². The highest BCUT2D eigenvalue weighted by atomic mass is 79.9. The van der Waals surface area contributed by atoms with Crippen LogP contribution in [0.3, 0.4) is 0 Å². The number of nitrogens with zero attached hydrogens (tertiary/aromatic N) is 2. The SMILES string of the molecule is C=CCCC(=O)NC[C@@H](C)OC(=O)[C@H]1[C@@H]2O[C@@]3(CC2Br)[C@@H]1C(=O)N(CCCO)[C@@H]3C(=O)N(CC=C)C(C)CCC. The summed E-state index contributed by atoms with van der Waals surface area (Å²) in [5.74, 6) is -3.10. The summed E-state index contributed by atoms with van der Waals surface area (Å²) < 4.78 is 12.2. The van der Waals surface area contributed by atoms with Crippen molar-refractivity contribution in [2.45, 2.75) is 94.0 Å². The Hall–Kier alpha value is -2.24. The highest BCUT2D eigenvalue weighted by Crippen LogP contribution is 2.60. The molecule has 3 rings (SSSR count). The van der Waals surface area contributed by atoms with Gasteiger partial charge in [-0.25, -0.2) is 0 Å². The standard InChI is InChI=1S/C29H44BrN3O7/c1-6-9-12-21(35)31-17-19(5)39-28(38)22-23-26(36)33(14-10-15-34)25(29(23)16-20(30)24(22)40-29)27(37)32(13-8-3)18(4)11-7-2/h6,8,18-20,22-25,34H,1,3,7,9-17H2,2,4-5H3,(H,31,35)/t18?,19-,20?,22-,23+,24-,25-,29+/m1/s1. The van der Waals surface area contributed by atoms with Crippen LogP contribution in [0.1, 0.15) is 59.3 Å². The Morgan fingerprint density at radius 3 is 2.67 bits per heavy atom. The lowest BCUT2D eigenvalue weighted by molar-refractivity contribution is -0.159. The topological polar surface area (TPSA) is 125 Å². The van der Waals surface area contributed by atoms with E-state index in [1.54, 1.807) is 24.0 Å². The van der Waals surface area contributed by atoms with Crippen molar-refractivity contribution in [2.75, 3.05) is 26.2 Å². The van der Waals surface area contributed by atoms with Crippen LogP contribution in [-0.4, -0.2) is 99.6 Å². The minimum Gasteiger partial charge on any atom is -0.460 e. The number of fused-ring (bicyclic) bond motifs is 1. The molecule has 2 unspecified atom stereocenters. The second-order valence-electron chi connectivity index (χ2n) is 11.1. The fourth-order valence-corrected chi connectivity index (χ4v) is 7.36. The second-order valence-corrected chi connectivity index (χ2v) is 12.2. The lowest BCUT2D eigenvalue weighted by Gasteiger charge is -2.39. The first kappa shape index (κ1) is 32.3. The van der Waals surface area contributed by atoms with Crippen molar-refractivity contribution in [3.8, 4) is 0 Å². The Bertz CT molecular complexity index is 977. The van der Waals surface area contributed by atoms with E-state index in [-0.39, 0.29) is 48.3 Å². The van der Waals surface area contributed by atoms with Crippen molar-refractivity contribution in [1.82, 2.24) is 15.1 Å². The third-order valence-electron chi connectivity index (χ3n) is 8.18. The number of aliphatic hydroxyl groups is 1. The van der Waals surface area contributed by atoms with Crippen molar-refractivity contribution in [2.24, 2.45) is 11.8 Å². The second kappa shape index (κ2) is 14.1. The Morgan fingerprint density at radius 2 is 2.05 bits per heavy atom. The lowest BCUT2D eigenvalue weighted by atomic mass is 9.70. The summed E-state index contributed by atoms with van der Waals surface area (Å²) in [4.78, 5) is 56.7. The van der Waals surface area contributed by atoms with Crippen molar-refractivity contribution in [3.05, 3.63) is 25.3 Å². The average molecular weight is 627 g/mol. The van der Waals surface area contributed by atoms with E-state index >= 15 is 0 Å². The maximum absolute atomic E-state index is 14.2. The number of alkyl halides is 1. The molecule has 0 aromatic heterocycles. The normalized spacial score (nSPS) is 30.0. The van der Waals surface area contributed by atoms with Crippen LogP contribution in [0.5, 0.6) is 0 Å². The number of carbonyl (C=O) groups excluding carboxylic acids is 4. The number of hydrogen-bond acceptors (Lipinski definition) is 7. The van der Waals surface area contributed by atoms with Crippen LogP contribution in [-0.2, 0) is 28.7 Å². The zero-order chi connectivity index (χ0) is 29.6. The third-order valence-corrected chi connectivity index (χ3v) is 9.02. The maximum Gasteiger partial charge on any atom is 0.312 e. The lowest BCUT2D eigenvalue weighted by Crippen LogP contribution is -2.58. The molecular weight excluding hydrogens is 582 g/mol. The van der Waals surface area contributed by atoms with Crippen molar-refractivity contribution in [3.63, 3.8) is 0 Å². The summed E-state index contributed by atoms with van der Waals surface area (Å²) in [6.07, 6.45) is 5.28. The number of nitrogens with one attached hydrogen (secondary N) is 1. The van der Waals surface area contributed by atoms with Gasteiger partial charge in [0.1, 0.15) is 17.7 Å². The van der Waals surface area contributed by atoms with E-state index in [0.29, 0.717) is 32.2 Å². The van der Waals surface area contributed by atoms with Gasteiger partial charge in [-0.05, 0) is 39.5 Å². The first-order chi connectivity index (χ1) is 19.1. The molecule has 3 aliphatic rings. The quantitative estimate of drug-likeness (QED) is 0.153. The maximum atomic E-state index is 14.2. The summed E-state index contributed by atoms with van der Waals surface area (Å²) in [7, 11) is 0. The smallest absolute Gasteiger partial charge is 0.312 e. The number of carbonyl (C=O) groups is 4. The van der Waals surface area contributed by atoms with Gasteiger partial charge in [0.05, 0.1) is 24.5 Å². The number of aliphatic hydroxyl groups excluding tert-OH is 1. The molecule has 1 spiro atoms. The Balaban J connectivity index is 1.88. The predicted octanol–water partition coefficient (Wildman–Crippen LogP) is 2.33. The van der Waals surface area contributed by atoms with Crippen LogP contribution in [0.25, 0.3) is 0 Å². The van der Waals surface area contributed by atoms with Gasteiger partial charge in [0.25, 0.3) is 0 Å². The number of esters is 1. The van der Waals surface area contributed by atoms with E-state index in [0.717, 1.165) is 12.8 Å². The Kier molecular flexibility index (Phi) is 11.4. The van der Waals surface area contributed by atoms with E-state index in [1.165, 1.54) is 4.90 Å². The zero-order valence-corrected chi connectivity index (χ0v) is 25.4. The molecule has 10 nitrogen and oxygen atoms in total. The molecule has 0 aliphatic carbocycles. The molecule has 11 heteroatoms. The van der Waals surface area contributed by atoms with Gasteiger partial charge in [0.15, 0.2) is 0 Å². The van der Waals surface area contributed by atoms with Crippen LogP contribution in [0.15, 0.2) is 25.3 Å². The average Bonchev–Trinajstić information content (AvgIpc) is 3.51. The summed E-state index contributed by atoms with van der Waals surface area (Å²) in [6, 6.07) is -1.01. The molecule has 2 bridgehead atoms. The molecule has 3 fully saturated rings. The number of ether oxygens (including phenoxy) is 2. The van der Waals surface area contributed by atoms with E-state index in [4.69, 9.17) is 9.47 Å². The van der Waals surface area contributed by atoms with E-state index in [9.17, 15) is 24.3 Å². The molecule has 0 aromatic rings. The summed E-state index contributed by atoms with van der Waals surface area (Å²) in [6.45, 7) is 13.6. The first-order valence-corrected chi connectivity index (χ1v) is 15.2. The molecule has 8 atom stereocenters. The van der Waals surface area contributed by atoms with Crippen LogP contribution in [0.2, 0.25) is 0 Å². The largest absolute Gasteiger partial charge is 0.460 e. The minimum absolute atomic E-state index is 0.0811. The van der Waals surface area contributed by atoms with Gasteiger partial charge in [-0.3, -0.25) is 19.2 Å². The predicted molar refractivity (Wildman–Crippen MR) is 153 cm³/mol.